The van der Waals surface area contributed by atoms with Crippen molar-refractivity contribution in [3.8, 4) is 0 Å². The highest BCUT2D eigenvalue weighted by molar-refractivity contribution is 6.26. The number of allylic oxidation sites excluding steroid dienone is 3. The normalized spacial score (nSPS) is 48.6. The van der Waals surface area contributed by atoms with Gasteiger partial charge in [0.15, 0.2) is 43.2 Å². The van der Waals surface area contributed by atoms with Gasteiger partial charge >= 0.3 is 18.0 Å². The Hall–Kier alpha value is -5.11. The van der Waals surface area contributed by atoms with Crippen LogP contribution in [-0.2, 0) is 80.8 Å². The molecule has 6 aliphatic heterocycles. The predicted molar refractivity (Wildman–Crippen MR) is 327 cm³/mol. The van der Waals surface area contributed by atoms with E-state index in [1.165, 1.54) is 19.9 Å². The largest absolute Gasteiger partial charge is 0.511 e. The van der Waals surface area contributed by atoms with Gasteiger partial charge in [-0.3, -0.25) is 24.5 Å². The van der Waals surface area contributed by atoms with Crippen LogP contribution in [0.3, 0.4) is 0 Å². The van der Waals surface area contributed by atoms with Crippen molar-refractivity contribution in [1.82, 2.24) is 5.32 Å². The molecule has 27 heteroatoms. The number of alkyl carbamates (subject to hydrolysis) is 1. The third-order valence-electron chi connectivity index (χ3n) is 21.8. The average molecular weight is 1330 g/mol. The summed E-state index contributed by atoms with van der Waals surface area (Å²) in [5.41, 5.74) is -5.02. The lowest BCUT2D eigenvalue weighted by Crippen LogP contribution is -2.65. The molecule has 0 aromatic rings. The molecule has 4 aliphatic carbocycles. The lowest BCUT2D eigenvalue weighted by Gasteiger charge is -2.56. The molecule has 1 spiro atoms. The molecule has 94 heavy (non-hydrogen) atoms. The van der Waals surface area contributed by atoms with Crippen LogP contribution in [0.2, 0.25) is 0 Å². The highest BCUT2D eigenvalue weighted by atomic mass is 16.8. The number of aldehydes is 1. The number of methoxy groups -OCH3 is 1. The number of esters is 2. The van der Waals surface area contributed by atoms with Gasteiger partial charge in [0.25, 0.3) is 0 Å². The molecule has 6 heterocycles. The molecule has 2 bridgehead atoms. The Bertz CT molecular complexity index is 2980. The molecule has 1 amide bonds. The number of fused-ring (bicyclic) bond motifs is 4. The van der Waals surface area contributed by atoms with Crippen molar-refractivity contribution in [3.63, 3.8) is 0 Å². The molecule has 1 saturated carbocycles. The second kappa shape index (κ2) is 28.4. The summed E-state index contributed by atoms with van der Waals surface area (Å²) in [6.07, 6.45) is -8.74. The molecular formula is C67H96N2O25. The summed E-state index contributed by atoms with van der Waals surface area (Å²) in [6, 6.07) is -1.13. The first kappa shape index (κ1) is 71.7. The Morgan fingerprint density at radius 3 is 1.91 bits per heavy atom. The number of aliphatic hydroxyl groups excluding tert-OH is 5. The Balaban J connectivity index is 0.911. The van der Waals surface area contributed by atoms with E-state index in [9.17, 15) is 54.8 Å². The number of nitrogens with zero attached hydrogens (tertiary/aromatic N) is 1. The van der Waals surface area contributed by atoms with Crippen molar-refractivity contribution in [1.29, 1.82) is 0 Å². The number of rotatable bonds is 14. The van der Waals surface area contributed by atoms with Crippen LogP contribution in [0.25, 0.3) is 0 Å². The molecule has 0 aromatic heterocycles. The molecular weight excluding hydrogens is 1230 g/mol. The van der Waals surface area contributed by atoms with E-state index in [1.54, 1.807) is 47.6 Å². The number of aliphatic hydroxyl groups is 5. The first-order valence-corrected chi connectivity index (χ1v) is 33.2. The third kappa shape index (κ3) is 13.9. The molecule has 524 valence electrons. The maximum atomic E-state index is 15.6. The van der Waals surface area contributed by atoms with Crippen LogP contribution in [0.4, 0.5) is 4.79 Å². The smallest absolute Gasteiger partial charge is 0.407 e. The zero-order chi connectivity index (χ0) is 68.4. The zero-order valence-electron chi connectivity index (χ0n) is 55.8. The number of Topliss-reactive ketones (excluding diaryl/α,β-unsaturated/α-hetero) is 1. The fourth-order valence-electron chi connectivity index (χ4n) is 17.0. The second-order valence-corrected chi connectivity index (χ2v) is 28.4. The van der Waals surface area contributed by atoms with Crippen molar-refractivity contribution in [2.45, 2.75) is 281 Å². The molecule has 0 radical (unpaired) electrons. The molecule has 6 N–H and O–H groups in total. The van der Waals surface area contributed by atoms with Crippen molar-refractivity contribution < 1.29 is 116 Å². The van der Waals surface area contributed by atoms with Crippen molar-refractivity contribution in [2.75, 3.05) is 7.11 Å². The number of nitrogens with one attached hydrogen (secondary N) is 1. The van der Waals surface area contributed by atoms with Gasteiger partial charge in [0.2, 0.25) is 11.3 Å². The number of carbonyl (C=O) groups excluding carboxylic acids is 5. The summed E-state index contributed by atoms with van der Waals surface area (Å²) < 4.78 is 81.0. The summed E-state index contributed by atoms with van der Waals surface area (Å²) in [5.74, 6) is -6.74. The van der Waals surface area contributed by atoms with Gasteiger partial charge in [-0.2, -0.15) is 0 Å². The van der Waals surface area contributed by atoms with Gasteiger partial charge in [-0.1, -0.05) is 50.6 Å². The standard InChI is InChI=1S/C67H96N2O25/c1-29-14-18-47(89-53-27-65(11,69(80)81)60(37(9)87-53)68-64(79)82-13)30(2)21-42-44(73)22-39(28-70)26-67(42)62(77)54(63(78)94-67)61(76)66(12)41(29)16-15-40-55(66)31(3)20-32(4)56(40)92-52-25-48(59(36(8)86-52)88-38(10)71)90-50-23-45(74)58(35(7)84-50)93-51-24-46(75)57(34(6)85-51)91-49-19-17-43(72)33(5)83-49/h14-16,21-22,28,31-37,40-53,55-60,72-76H,17-20,23-27H2,1-13H3,(H,68,79)/b29-14+,30-21+,61-54+. The minimum atomic E-state index is -2.22. The van der Waals surface area contributed by atoms with E-state index in [2.05, 4.69) is 5.32 Å². The summed E-state index contributed by atoms with van der Waals surface area (Å²) in [7, 11) is 1.14. The number of amides is 1. The Labute approximate surface area is 547 Å². The summed E-state index contributed by atoms with van der Waals surface area (Å²) in [4.78, 5) is 80.5. The number of nitro groups is 1. The number of ether oxygens (including phenoxy) is 13. The number of hydrogen-bond donors (Lipinski definition) is 6. The number of hydrogen-bond acceptors (Lipinski definition) is 25. The fourth-order valence-corrected chi connectivity index (χ4v) is 17.0. The number of ketones is 1. The highest BCUT2D eigenvalue weighted by Gasteiger charge is 2.65. The van der Waals surface area contributed by atoms with E-state index in [-0.39, 0.29) is 49.5 Å². The molecule has 10 aliphatic rings. The van der Waals surface area contributed by atoms with Gasteiger partial charge < -0.3 is 92.4 Å². The van der Waals surface area contributed by atoms with Gasteiger partial charge in [0.05, 0.1) is 86.6 Å². The van der Waals surface area contributed by atoms with Gasteiger partial charge in [-0.05, 0) is 103 Å². The van der Waals surface area contributed by atoms with Gasteiger partial charge in [0, 0.05) is 68.1 Å². The Kier molecular flexibility index (Phi) is 21.6. The summed E-state index contributed by atoms with van der Waals surface area (Å²) in [6.45, 7) is 20.6. The highest BCUT2D eigenvalue weighted by Crippen LogP contribution is 2.61. The first-order valence-electron chi connectivity index (χ1n) is 33.2. The first-order chi connectivity index (χ1) is 44.3. The van der Waals surface area contributed by atoms with Gasteiger partial charge in [0.1, 0.15) is 42.0 Å². The van der Waals surface area contributed by atoms with Crippen molar-refractivity contribution >= 4 is 30.1 Å². The number of carbonyl (C=O) groups is 5. The average Bonchev–Trinajstić information content (AvgIpc) is 1.35. The molecule has 0 aromatic carbocycles. The molecule has 6 saturated heterocycles. The van der Waals surface area contributed by atoms with E-state index in [1.807, 2.05) is 45.9 Å². The monoisotopic (exact) mass is 1330 g/mol. The van der Waals surface area contributed by atoms with E-state index < -0.39 is 216 Å². The molecule has 30 unspecified atom stereocenters. The van der Waals surface area contributed by atoms with Crippen LogP contribution in [0.1, 0.15) is 141 Å². The predicted octanol–water partition coefficient (Wildman–Crippen LogP) is 5.33. The quantitative estimate of drug-likeness (QED) is 0.0243. The van der Waals surface area contributed by atoms with E-state index >= 15 is 4.79 Å². The van der Waals surface area contributed by atoms with Crippen LogP contribution in [0.15, 0.2) is 58.4 Å². The van der Waals surface area contributed by atoms with Gasteiger partial charge in [-0.25, -0.2) is 9.59 Å². The maximum absolute atomic E-state index is 15.6. The maximum Gasteiger partial charge on any atom is 0.407 e. The Morgan fingerprint density at radius 2 is 1.31 bits per heavy atom. The fraction of sp³-hybridized carbons (Fsp3) is 0.776. The van der Waals surface area contributed by atoms with Crippen molar-refractivity contribution in [3.05, 3.63) is 68.5 Å². The molecule has 30 atom stereocenters. The van der Waals surface area contributed by atoms with Crippen LogP contribution in [0.5, 0.6) is 0 Å². The lowest BCUT2D eigenvalue weighted by atomic mass is 9.49. The Morgan fingerprint density at radius 1 is 0.713 bits per heavy atom. The van der Waals surface area contributed by atoms with Crippen LogP contribution < -0.4 is 5.32 Å². The third-order valence-corrected chi connectivity index (χ3v) is 21.8. The summed E-state index contributed by atoms with van der Waals surface area (Å²) in [5, 5.41) is 73.7. The lowest BCUT2D eigenvalue weighted by molar-refractivity contribution is -0.584. The van der Waals surface area contributed by atoms with Crippen LogP contribution in [0, 0.1) is 51.0 Å². The van der Waals surface area contributed by atoms with E-state index in [0.717, 1.165) is 7.11 Å². The topological polar surface area (TPSA) is 362 Å². The summed E-state index contributed by atoms with van der Waals surface area (Å²) >= 11 is 0. The molecule has 10 rings (SSSR count). The van der Waals surface area contributed by atoms with Gasteiger partial charge in [-0.15, -0.1) is 0 Å². The molecule has 27 nitrogen and oxygen atoms in total. The van der Waals surface area contributed by atoms with Crippen molar-refractivity contribution in [2.24, 2.45) is 40.9 Å². The minimum Gasteiger partial charge on any atom is -0.511 e. The van der Waals surface area contributed by atoms with Crippen LogP contribution in [-0.4, -0.2) is 208 Å². The van der Waals surface area contributed by atoms with Crippen LogP contribution >= 0.6 is 0 Å². The van der Waals surface area contributed by atoms with E-state index in [4.69, 9.17) is 61.6 Å². The zero-order valence-corrected chi connectivity index (χ0v) is 55.8. The molecule has 7 fully saturated rings. The second-order valence-electron chi connectivity index (χ2n) is 28.4. The SMILES string of the molecule is COC(=O)NC1C(C)OC(OC2C/C=C(\C)C3C=CC4C(OC5CC(OC6CC(O)C(OC7CC(O)C(OC8CCC(O)C(C)O8)C(C)O7)C(C)O6)C(OC(C)=O)C(C)O5)C(C)CC(C)C4C3(C)/C(O)=C3\C(=O)OC4(CC(C=O)=CC(O)C4/C=C/2C)C3=O)CC1(C)[N+](=O)[O-]. The minimum absolute atomic E-state index is 0.0134. The van der Waals surface area contributed by atoms with E-state index in [0.29, 0.717) is 36.7 Å².